The van der Waals surface area contributed by atoms with E-state index in [9.17, 15) is 14.3 Å². The fourth-order valence-electron chi connectivity index (χ4n) is 1.53. The Bertz CT molecular complexity index is 420. The van der Waals surface area contributed by atoms with E-state index in [2.05, 4.69) is 4.74 Å². The number of ether oxygens (including phenoxy) is 1. The minimum atomic E-state index is -1.56. The lowest BCUT2D eigenvalue weighted by Crippen LogP contribution is -2.17. The van der Waals surface area contributed by atoms with Crippen LogP contribution in [0.15, 0.2) is 6.07 Å². The van der Waals surface area contributed by atoms with Crippen molar-refractivity contribution in [1.29, 1.82) is 0 Å². The van der Waals surface area contributed by atoms with E-state index in [0.29, 0.717) is 11.1 Å². The molecule has 0 radical (unpaired) electrons. The Balaban J connectivity index is 3.25. The molecule has 0 aliphatic carbocycles. The molecule has 17 heavy (non-hydrogen) atoms. The molecule has 1 N–H and O–H groups in total. The topological polar surface area (TPSA) is 46.5 Å². The Hall–Kier alpha value is -1.13. The van der Waals surface area contributed by atoms with Gasteiger partial charge in [0.15, 0.2) is 6.10 Å². The van der Waals surface area contributed by atoms with Crippen LogP contribution in [-0.4, -0.2) is 17.7 Å². The molecular formula is C12H14ClFO3. The molecule has 1 unspecified atom stereocenters. The van der Waals surface area contributed by atoms with Gasteiger partial charge in [0.1, 0.15) is 5.82 Å². The van der Waals surface area contributed by atoms with E-state index in [1.807, 2.05) is 0 Å². The molecule has 0 saturated heterocycles. The van der Waals surface area contributed by atoms with Crippen LogP contribution in [-0.2, 0) is 9.53 Å². The lowest BCUT2D eigenvalue weighted by atomic mass is 9.98. The van der Waals surface area contributed by atoms with Gasteiger partial charge in [0.05, 0.1) is 11.6 Å². The molecule has 0 spiro atoms. The molecule has 94 valence electrons. The predicted octanol–water partition coefficient (Wildman–Crippen LogP) is 2.69. The number of aliphatic hydroxyl groups excluding tert-OH is 1. The number of halogens is 2. The first-order chi connectivity index (χ1) is 7.90. The van der Waals surface area contributed by atoms with Crippen LogP contribution < -0.4 is 0 Å². The smallest absolute Gasteiger partial charge is 0.339 e. The molecule has 0 saturated carbocycles. The molecule has 5 heteroatoms. The fraction of sp³-hybridized carbons (Fsp3) is 0.417. The van der Waals surface area contributed by atoms with E-state index in [-0.39, 0.29) is 17.2 Å². The summed E-state index contributed by atoms with van der Waals surface area (Å²) in [7, 11) is 0. The maximum atomic E-state index is 13.4. The number of hydrogen-bond acceptors (Lipinski definition) is 3. The van der Waals surface area contributed by atoms with Crippen LogP contribution in [0.4, 0.5) is 4.39 Å². The van der Waals surface area contributed by atoms with Crippen LogP contribution in [0.2, 0.25) is 5.02 Å². The highest BCUT2D eigenvalue weighted by atomic mass is 35.5. The third-order valence-electron chi connectivity index (χ3n) is 2.57. The number of esters is 1. The summed E-state index contributed by atoms with van der Waals surface area (Å²) in [6.45, 7) is 5.10. The largest absolute Gasteiger partial charge is 0.464 e. The van der Waals surface area contributed by atoms with Crippen LogP contribution in [0, 0.1) is 19.7 Å². The summed E-state index contributed by atoms with van der Waals surface area (Å²) in [5, 5.41) is 9.56. The Morgan fingerprint density at radius 1 is 1.59 bits per heavy atom. The molecule has 0 aliphatic heterocycles. The standard InChI is InChI=1S/C12H14ClFO3/c1-4-17-12(16)11(15)9-7(3)6(2)5-8(14)10(9)13/h5,11,15H,4H2,1-3H3. The monoisotopic (exact) mass is 260 g/mol. The van der Waals surface area contributed by atoms with E-state index in [1.165, 1.54) is 6.07 Å². The molecule has 1 atom stereocenters. The van der Waals surface area contributed by atoms with Gasteiger partial charge < -0.3 is 9.84 Å². The van der Waals surface area contributed by atoms with Gasteiger partial charge in [0.2, 0.25) is 0 Å². The van der Waals surface area contributed by atoms with Crippen LogP contribution in [0.25, 0.3) is 0 Å². The second kappa shape index (κ2) is 5.47. The average molecular weight is 261 g/mol. The van der Waals surface area contributed by atoms with Gasteiger partial charge in [-0.05, 0) is 38.0 Å². The fourth-order valence-corrected chi connectivity index (χ4v) is 1.83. The van der Waals surface area contributed by atoms with Crippen LogP contribution in [0.3, 0.4) is 0 Å². The first-order valence-electron chi connectivity index (χ1n) is 5.19. The molecule has 0 aliphatic rings. The lowest BCUT2D eigenvalue weighted by Gasteiger charge is -2.16. The minimum Gasteiger partial charge on any atom is -0.464 e. The van der Waals surface area contributed by atoms with Crippen molar-refractivity contribution in [2.24, 2.45) is 0 Å². The molecule has 0 heterocycles. The first-order valence-corrected chi connectivity index (χ1v) is 5.57. The highest BCUT2D eigenvalue weighted by Gasteiger charge is 2.26. The highest BCUT2D eigenvalue weighted by molar-refractivity contribution is 6.31. The molecule has 1 aromatic carbocycles. The van der Waals surface area contributed by atoms with Crippen molar-refractivity contribution < 1.29 is 19.0 Å². The van der Waals surface area contributed by atoms with Crippen molar-refractivity contribution in [3.63, 3.8) is 0 Å². The van der Waals surface area contributed by atoms with E-state index in [0.717, 1.165) is 0 Å². The van der Waals surface area contributed by atoms with Gasteiger partial charge >= 0.3 is 5.97 Å². The number of hydrogen-bond donors (Lipinski definition) is 1. The highest BCUT2D eigenvalue weighted by Crippen LogP contribution is 2.31. The average Bonchev–Trinajstić information content (AvgIpc) is 2.27. The van der Waals surface area contributed by atoms with Crippen molar-refractivity contribution in [3.8, 4) is 0 Å². The van der Waals surface area contributed by atoms with E-state index in [4.69, 9.17) is 11.6 Å². The third kappa shape index (κ3) is 2.76. The van der Waals surface area contributed by atoms with E-state index < -0.39 is 17.9 Å². The van der Waals surface area contributed by atoms with Crippen molar-refractivity contribution >= 4 is 17.6 Å². The third-order valence-corrected chi connectivity index (χ3v) is 2.95. The summed E-state index contributed by atoms with van der Waals surface area (Å²) in [6.07, 6.45) is -1.56. The van der Waals surface area contributed by atoms with Crippen LogP contribution in [0.5, 0.6) is 0 Å². The number of carbonyl (C=O) groups excluding carboxylic acids is 1. The van der Waals surface area contributed by atoms with Crippen molar-refractivity contribution in [2.75, 3.05) is 6.61 Å². The summed E-state index contributed by atoms with van der Waals surface area (Å²) in [6, 6.07) is 1.26. The van der Waals surface area contributed by atoms with Gasteiger partial charge in [-0.1, -0.05) is 11.6 Å². The van der Waals surface area contributed by atoms with Gasteiger partial charge in [0, 0.05) is 5.56 Å². The molecule has 1 aromatic rings. The van der Waals surface area contributed by atoms with E-state index in [1.54, 1.807) is 20.8 Å². The summed E-state index contributed by atoms with van der Waals surface area (Å²) in [4.78, 5) is 11.4. The Labute approximate surface area is 104 Å². The molecule has 0 aromatic heterocycles. The number of aryl methyl sites for hydroxylation is 1. The minimum absolute atomic E-state index is 0.0719. The lowest BCUT2D eigenvalue weighted by molar-refractivity contribution is -0.153. The number of carbonyl (C=O) groups is 1. The van der Waals surface area contributed by atoms with Gasteiger partial charge in [-0.25, -0.2) is 9.18 Å². The number of aliphatic hydroxyl groups is 1. The first kappa shape index (κ1) is 13.9. The number of benzene rings is 1. The Morgan fingerprint density at radius 3 is 2.71 bits per heavy atom. The van der Waals surface area contributed by atoms with Crippen molar-refractivity contribution in [2.45, 2.75) is 26.9 Å². The quantitative estimate of drug-likeness (QED) is 0.850. The zero-order valence-electron chi connectivity index (χ0n) is 9.88. The second-order valence-corrected chi connectivity index (χ2v) is 4.06. The molecule has 1 rings (SSSR count). The maximum absolute atomic E-state index is 13.4. The van der Waals surface area contributed by atoms with Crippen LogP contribution >= 0.6 is 11.6 Å². The molecule has 0 bridgehead atoms. The second-order valence-electron chi connectivity index (χ2n) is 3.68. The zero-order valence-corrected chi connectivity index (χ0v) is 10.6. The van der Waals surface area contributed by atoms with Gasteiger partial charge in [0.25, 0.3) is 0 Å². The van der Waals surface area contributed by atoms with Gasteiger partial charge in [-0.2, -0.15) is 0 Å². The predicted molar refractivity (Wildman–Crippen MR) is 62.5 cm³/mol. The summed E-state index contributed by atoms with van der Waals surface area (Å²) < 4.78 is 18.1. The van der Waals surface area contributed by atoms with Gasteiger partial charge in [-0.15, -0.1) is 0 Å². The summed E-state index contributed by atoms with van der Waals surface area (Å²) >= 11 is 5.77. The van der Waals surface area contributed by atoms with E-state index >= 15 is 0 Å². The Morgan fingerprint density at radius 2 is 2.18 bits per heavy atom. The molecular weight excluding hydrogens is 247 g/mol. The Kier molecular flexibility index (Phi) is 4.48. The summed E-state index contributed by atoms with van der Waals surface area (Å²) in [5.74, 6) is -1.49. The number of rotatable bonds is 3. The summed E-state index contributed by atoms with van der Waals surface area (Å²) in [5.41, 5.74) is 1.27. The van der Waals surface area contributed by atoms with Crippen molar-refractivity contribution in [1.82, 2.24) is 0 Å². The molecule has 0 amide bonds. The van der Waals surface area contributed by atoms with Crippen molar-refractivity contribution in [3.05, 3.63) is 33.6 Å². The normalized spacial score (nSPS) is 12.4. The van der Waals surface area contributed by atoms with Crippen LogP contribution in [0.1, 0.15) is 29.7 Å². The molecule has 0 fully saturated rings. The maximum Gasteiger partial charge on any atom is 0.339 e. The van der Waals surface area contributed by atoms with Gasteiger partial charge in [-0.3, -0.25) is 0 Å². The SMILES string of the molecule is CCOC(=O)C(O)c1c(C)c(C)cc(F)c1Cl. The zero-order chi connectivity index (χ0) is 13.2. The molecule has 3 nitrogen and oxygen atoms in total.